The fourth-order valence-electron chi connectivity index (χ4n) is 5.35. The van der Waals surface area contributed by atoms with Crippen LogP contribution in [0.4, 0.5) is 11.4 Å². The van der Waals surface area contributed by atoms with Crippen molar-refractivity contribution in [1.29, 1.82) is 0 Å². The van der Waals surface area contributed by atoms with Crippen molar-refractivity contribution in [3.8, 4) is 17.2 Å². The molecule has 42 heavy (non-hydrogen) atoms. The summed E-state index contributed by atoms with van der Waals surface area (Å²) in [6, 6.07) is 19.9. The highest BCUT2D eigenvalue weighted by molar-refractivity contribution is 7.97. The Balaban J connectivity index is 1.38. The van der Waals surface area contributed by atoms with Gasteiger partial charge in [0, 0.05) is 41.0 Å². The molecule has 4 aromatic rings. The molecule has 1 fully saturated rings. The van der Waals surface area contributed by atoms with Crippen molar-refractivity contribution in [2.24, 2.45) is 0 Å². The average Bonchev–Trinajstić information content (AvgIpc) is 3.60. The number of aromatic nitrogens is 2. The Kier molecular flexibility index (Phi) is 9.62. The summed E-state index contributed by atoms with van der Waals surface area (Å²) in [4.78, 5) is 16.2. The number of hydrogen-bond acceptors (Lipinski definition) is 7. The van der Waals surface area contributed by atoms with Crippen LogP contribution in [-0.4, -0.2) is 42.0 Å². The van der Waals surface area contributed by atoms with E-state index >= 15 is 0 Å². The van der Waals surface area contributed by atoms with E-state index in [0.29, 0.717) is 29.3 Å². The van der Waals surface area contributed by atoms with Crippen LogP contribution in [-0.2, 0) is 17.8 Å². The fraction of sp³-hybridized carbons (Fsp3) is 0.312. The smallest absolute Gasteiger partial charge is 0.228 e. The maximum Gasteiger partial charge on any atom is 0.228 e. The molecule has 5 rings (SSSR count). The van der Waals surface area contributed by atoms with Crippen LogP contribution in [0.3, 0.4) is 0 Å². The van der Waals surface area contributed by atoms with Gasteiger partial charge in [0.2, 0.25) is 5.91 Å². The van der Waals surface area contributed by atoms with E-state index in [1.165, 1.54) is 24.8 Å². The molecule has 2 unspecified atom stereocenters. The molecular formula is C32H36ClN5O3S. The second-order valence-electron chi connectivity index (χ2n) is 10.4. The Bertz CT molecular complexity index is 1530. The van der Waals surface area contributed by atoms with Crippen LogP contribution in [0.15, 0.2) is 78.0 Å². The Morgan fingerprint density at radius 1 is 1.02 bits per heavy atom. The average molecular weight is 606 g/mol. The zero-order valence-corrected chi connectivity index (χ0v) is 25.8. The summed E-state index contributed by atoms with van der Waals surface area (Å²) >= 11 is 7.75. The van der Waals surface area contributed by atoms with Gasteiger partial charge in [-0.25, -0.2) is 4.68 Å². The summed E-state index contributed by atoms with van der Waals surface area (Å²) in [5.74, 6) is 1.34. The third-order valence-corrected chi connectivity index (χ3v) is 8.76. The van der Waals surface area contributed by atoms with E-state index in [4.69, 9.17) is 26.2 Å². The number of carbonyl (C=O) groups excluding carboxylic acids is 1. The molecule has 220 valence electrons. The molecule has 1 aromatic heterocycles. The second kappa shape index (κ2) is 13.5. The maximum atomic E-state index is 12.9. The molecule has 0 aliphatic carbocycles. The second-order valence-corrected chi connectivity index (χ2v) is 11.8. The quantitative estimate of drug-likeness (QED) is 0.180. The summed E-state index contributed by atoms with van der Waals surface area (Å²) in [5.41, 5.74) is 4.49. The summed E-state index contributed by atoms with van der Waals surface area (Å²) in [5, 5.41) is 8.33. The molecule has 0 saturated carbocycles. The van der Waals surface area contributed by atoms with Crippen molar-refractivity contribution in [3.05, 3.63) is 89.2 Å². The molecule has 8 nitrogen and oxygen atoms in total. The van der Waals surface area contributed by atoms with Gasteiger partial charge in [0.1, 0.15) is 11.5 Å². The molecule has 0 bridgehead atoms. The molecular weight excluding hydrogens is 570 g/mol. The van der Waals surface area contributed by atoms with E-state index in [1.807, 2.05) is 65.5 Å². The SMILES string of the molecule is COc1ccc(CNSc2cc(NC(=O)Cc3ccccc3Cl)ccc2-n2cc(N3C(C)CCC3C)cn2)c(OC)c1. The van der Waals surface area contributed by atoms with Gasteiger partial charge in [-0.05, 0) is 74.5 Å². The third kappa shape index (κ3) is 6.86. The van der Waals surface area contributed by atoms with Crippen LogP contribution in [0, 0.1) is 0 Å². The number of benzene rings is 3. The van der Waals surface area contributed by atoms with Gasteiger partial charge in [-0.1, -0.05) is 35.9 Å². The van der Waals surface area contributed by atoms with E-state index in [-0.39, 0.29) is 12.3 Å². The van der Waals surface area contributed by atoms with Crippen molar-refractivity contribution in [2.75, 3.05) is 24.4 Å². The van der Waals surface area contributed by atoms with E-state index in [0.717, 1.165) is 38.9 Å². The first-order valence-corrected chi connectivity index (χ1v) is 15.2. The molecule has 1 aliphatic rings. The monoisotopic (exact) mass is 605 g/mol. The number of halogens is 1. The number of nitrogens with one attached hydrogen (secondary N) is 2. The van der Waals surface area contributed by atoms with Gasteiger partial charge in [-0.3, -0.25) is 9.52 Å². The molecule has 0 radical (unpaired) electrons. The molecule has 10 heteroatoms. The largest absolute Gasteiger partial charge is 0.497 e. The zero-order valence-electron chi connectivity index (χ0n) is 24.3. The first-order chi connectivity index (χ1) is 20.4. The Morgan fingerprint density at radius 2 is 1.81 bits per heavy atom. The predicted molar refractivity (Wildman–Crippen MR) is 170 cm³/mol. The van der Waals surface area contributed by atoms with Crippen molar-refractivity contribution in [2.45, 2.75) is 56.6 Å². The Labute approximate surface area is 256 Å². The van der Waals surface area contributed by atoms with Crippen LogP contribution in [0.2, 0.25) is 5.02 Å². The number of nitrogens with zero attached hydrogens (tertiary/aromatic N) is 3. The number of ether oxygens (including phenoxy) is 2. The molecule has 1 aliphatic heterocycles. The summed E-state index contributed by atoms with van der Waals surface area (Å²) < 4.78 is 16.3. The van der Waals surface area contributed by atoms with Gasteiger partial charge in [0.15, 0.2) is 0 Å². The number of hydrogen-bond donors (Lipinski definition) is 2. The van der Waals surface area contributed by atoms with Gasteiger partial charge < -0.3 is 19.7 Å². The lowest BCUT2D eigenvalue weighted by Crippen LogP contribution is -2.32. The summed E-state index contributed by atoms with van der Waals surface area (Å²) in [6.45, 7) is 5.08. The van der Waals surface area contributed by atoms with Crippen LogP contribution >= 0.6 is 23.5 Å². The number of carbonyl (C=O) groups is 1. The lowest BCUT2D eigenvalue weighted by Gasteiger charge is -2.26. The van der Waals surface area contributed by atoms with Gasteiger partial charge in [0.25, 0.3) is 0 Å². The van der Waals surface area contributed by atoms with Crippen molar-refractivity contribution in [1.82, 2.24) is 14.5 Å². The Morgan fingerprint density at radius 3 is 2.55 bits per heavy atom. The van der Waals surface area contributed by atoms with E-state index in [9.17, 15) is 4.79 Å². The molecule has 2 N–H and O–H groups in total. The lowest BCUT2D eigenvalue weighted by molar-refractivity contribution is -0.115. The minimum Gasteiger partial charge on any atom is -0.497 e. The van der Waals surface area contributed by atoms with E-state index in [1.54, 1.807) is 20.3 Å². The highest BCUT2D eigenvalue weighted by Crippen LogP contribution is 2.33. The third-order valence-electron chi connectivity index (χ3n) is 7.56. The topological polar surface area (TPSA) is 80.7 Å². The molecule has 1 amide bonds. The lowest BCUT2D eigenvalue weighted by atomic mass is 10.1. The summed E-state index contributed by atoms with van der Waals surface area (Å²) in [7, 11) is 3.28. The highest BCUT2D eigenvalue weighted by Gasteiger charge is 2.28. The van der Waals surface area contributed by atoms with Gasteiger partial charge in [0.05, 0.1) is 49.3 Å². The minimum atomic E-state index is -0.138. The number of rotatable bonds is 11. The van der Waals surface area contributed by atoms with Gasteiger partial charge in [-0.2, -0.15) is 5.10 Å². The zero-order chi connectivity index (χ0) is 29.6. The molecule has 3 aromatic carbocycles. The van der Waals surface area contributed by atoms with E-state index < -0.39 is 0 Å². The summed E-state index contributed by atoms with van der Waals surface area (Å²) in [6.07, 6.45) is 6.55. The maximum absolute atomic E-state index is 12.9. The van der Waals surface area contributed by atoms with Crippen LogP contribution < -0.4 is 24.4 Å². The predicted octanol–water partition coefficient (Wildman–Crippen LogP) is 6.90. The van der Waals surface area contributed by atoms with Gasteiger partial charge in [-0.15, -0.1) is 0 Å². The van der Waals surface area contributed by atoms with Crippen molar-refractivity contribution in [3.63, 3.8) is 0 Å². The minimum absolute atomic E-state index is 0.138. The first kappa shape index (κ1) is 29.8. The number of methoxy groups -OCH3 is 2. The van der Waals surface area contributed by atoms with Crippen molar-refractivity contribution >= 4 is 40.8 Å². The number of amides is 1. The van der Waals surface area contributed by atoms with Crippen molar-refractivity contribution < 1.29 is 14.3 Å². The van der Waals surface area contributed by atoms with Crippen LogP contribution in [0.25, 0.3) is 5.69 Å². The highest BCUT2D eigenvalue weighted by atomic mass is 35.5. The number of anilines is 2. The van der Waals surface area contributed by atoms with Crippen LogP contribution in [0.1, 0.15) is 37.8 Å². The molecule has 2 heterocycles. The van der Waals surface area contributed by atoms with Crippen LogP contribution in [0.5, 0.6) is 11.5 Å². The molecule has 1 saturated heterocycles. The standard InChI is InChI=1S/C32H36ClN5O3S/c1-21-9-10-22(2)38(21)26-19-34-37(20-26)29-14-12-25(36-32(39)15-23-7-5-6-8-28(23)33)16-31(29)42-35-18-24-11-13-27(40-3)17-30(24)41-4/h5-8,11-14,16-17,19-22,35H,9-10,15,18H2,1-4H3,(H,36,39). The Hall–Kier alpha value is -3.66. The fourth-order valence-corrected chi connectivity index (χ4v) is 6.39. The van der Waals surface area contributed by atoms with E-state index in [2.05, 4.69) is 35.0 Å². The molecule has 0 spiro atoms. The van der Waals surface area contributed by atoms with Gasteiger partial charge >= 0.3 is 0 Å². The normalized spacial score (nSPS) is 16.5. The first-order valence-electron chi connectivity index (χ1n) is 14.0. The molecule has 2 atom stereocenters.